The number of hydrogen-bond donors (Lipinski definition) is 1. The van der Waals surface area contributed by atoms with Crippen LogP contribution in [0.25, 0.3) is 0 Å². The molecule has 3 heteroatoms. The van der Waals surface area contributed by atoms with E-state index in [-0.39, 0.29) is 12.1 Å². The van der Waals surface area contributed by atoms with E-state index in [0.29, 0.717) is 5.02 Å². The zero-order valence-corrected chi connectivity index (χ0v) is 14.2. The number of aryl methyl sites for hydroxylation is 1. The highest BCUT2D eigenvalue weighted by atomic mass is 35.5. The van der Waals surface area contributed by atoms with Crippen LogP contribution in [0, 0.1) is 0 Å². The van der Waals surface area contributed by atoms with Gasteiger partial charge in [0.15, 0.2) is 0 Å². The summed E-state index contributed by atoms with van der Waals surface area (Å²) in [6.07, 6.45) is 1.07. The van der Waals surface area contributed by atoms with Gasteiger partial charge in [0.2, 0.25) is 0 Å². The molecule has 1 N–H and O–H groups in total. The van der Waals surface area contributed by atoms with Crippen LogP contribution in [0.5, 0.6) is 0 Å². The SMILES string of the molecule is CCc1ccc(C(C)NC(C)c2cc(Cl)ccc2Cl)cc1. The molecule has 0 fully saturated rings. The summed E-state index contributed by atoms with van der Waals surface area (Å²) in [5, 5.41) is 5.03. The molecule has 0 bridgehead atoms. The highest BCUT2D eigenvalue weighted by molar-refractivity contribution is 6.33. The Balaban J connectivity index is 2.10. The Hall–Kier alpha value is -1.02. The van der Waals surface area contributed by atoms with Gasteiger partial charge in [-0.25, -0.2) is 0 Å². The smallest absolute Gasteiger partial charge is 0.0454 e. The fourth-order valence-corrected chi connectivity index (χ4v) is 2.91. The minimum Gasteiger partial charge on any atom is -0.304 e. The second-order valence-electron chi connectivity index (χ2n) is 5.37. The molecule has 0 aliphatic heterocycles. The van der Waals surface area contributed by atoms with E-state index in [1.165, 1.54) is 11.1 Å². The van der Waals surface area contributed by atoms with Crippen LogP contribution in [0.2, 0.25) is 10.0 Å². The highest BCUT2D eigenvalue weighted by Crippen LogP contribution is 2.28. The van der Waals surface area contributed by atoms with Crippen LogP contribution in [0.3, 0.4) is 0 Å². The lowest BCUT2D eigenvalue weighted by molar-refractivity contribution is 0.495. The van der Waals surface area contributed by atoms with Crippen LogP contribution < -0.4 is 5.32 Å². The summed E-state index contributed by atoms with van der Waals surface area (Å²) in [5.41, 5.74) is 3.66. The van der Waals surface area contributed by atoms with Crippen molar-refractivity contribution in [1.82, 2.24) is 5.32 Å². The number of nitrogens with one attached hydrogen (secondary N) is 1. The molecule has 0 aliphatic carbocycles. The number of halogens is 2. The standard InChI is InChI=1S/C18H21Cl2N/c1-4-14-5-7-15(8-6-14)12(2)21-13(3)17-11-16(19)9-10-18(17)20/h5-13,21H,4H2,1-3H3. The fraction of sp³-hybridized carbons (Fsp3) is 0.333. The largest absolute Gasteiger partial charge is 0.304 e. The van der Waals surface area contributed by atoms with Crippen molar-refractivity contribution >= 4 is 23.2 Å². The lowest BCUT2D eigenvalue weighted by Crippen LogP contribution is -2.22. The molecule has 0 amide bonds. The Labute approximate surface area is 137 Å². The van der Waals surface area contributed by atoms with Crippen molar-refractivity contribution in [2.24, 2.45) is 0 Å². The van der Waals surface area contributed by atoms with E-state index in [9.17, 15) is 0 Å². The van der Waals surface area contributed by atoms with E-state index >= 15 is 0 Å². The van der Waals surface area contributed by atoms with E-state index < -0.39 is 0 Å². The van der Waals surface area contributed by atoms with Crippen LogP contribution in [-0.2, 0) is 6.42 Å². The average Bonchev–Trinajstić information content (AvgIpc) is 2.49. The third kappa shape index (κ3) is 4.23. The van der Waals surface area contributed by atoms with Crippen molar-refractivity contribution in [1.29, 1.82) is 0 Å². The first-order valence-corrected chi connectivity index (χ1v) is 8.06. The first-order chi connectivity index (χ1) is 10.0. The molecule has 0 heterocycles. The minimum atomic E-state index is 0.136. The van der Waals surface area contributed by atoms with Crippen LogP contribution in [-0.4, -0.2) is 0 Å². The van der Waals surface area contributed by atoms with Crippen LogP contribution >= 0.6 is 23.2 Å². The lowest BCUT2D eigenvalue weighted by atomic mass is 10.0. The maximum Gasteiger partial charge on any atom is 0.0454 e. The quantitative estimate of drug-likeness (QED) is 0.715. The Morgan fingerprint density at radius 2 is 1.62 bits per heavy atom. The van der Waals surface area contributed by atoms with Gasteiger partial charge < -0.3 is 5.32 Å². The molecule has 2 atom stereocenters. The predicted molar refractivity (Wildman–Crippen MR) is 92.2 cm³/mol. The van der Waals surface area contributed by atoms with E-state index in [1.54, 1.807) is 0 Å². The summed E-state index contributed by atoms with van der Waals surface area (Å²) in [5.74, 6) is 0. The molecule has 2 rings (SSSR count). The third-order valence-electron chi connectivity index (χ3n) is 3.81. The van der Waals surface area contributed by atoms with E-state index in [1.807, 2.05) is 18.2 Å². The molecule has 2 aromatic carbocycles. The molecule has 0 radical (unpaired) electrons. The normalized spacial score (nSPS) is 14.0. The third-order valence-corrected chi connectivity index (χ3v) is 4.39. The molecular weight excluding hydrogens is 301 g/mol. The molecular formula is C18H21Cl2N. The molecule has 112 valence electrons. The van der Waals surface area contributed by atoms with Gasteiger partial charge in [-0.2, -0.15) is 0 Å². The van der Waals surface area contributed by atoms with Crippen molar-refractivity contribution in [2.45, 2.75) is 39.3 Å². The zero-order chi connectivity index (χ0) is 15.4. The van der Waals surface area contributed by atoms with Crippen molar-refractivity contribution in [3.8, 4) is 0 Å². The molecule has 0 aliphatic rings. The number of hydrogen-bond acceptors (Lipinski definition) is 1. The van der Waals surface area contributed by atoms with Gasteiger partial charge in [0, 0.05) is 22.1 Å². The minimum absolute atomic E-state index is 0.136. The fourth-order valence-electron chi connectivity index (χ4n) is 2.45. The molecule has 0 saturated carbocycles. The molecule has 21 heavy (non-hydrogen) atoms. The predicted octanol–water partition coefficient (Wildman–Crippen LogP) is 5.97. The second-order valence-corrected chi connectivity index (χ2v) is 6.21. The van der Waals surface area contributed by atoms with Gasteiger partial charge in [-0.1, -0.05) is 54.4 Å². The second kappa shape index (κ2) is 7.31. The maximum absolute atomic E-state index is 6.26. The van der Waals surface area contributed by atoms with Crippen LogP contribution in [0.1, 0.15) is 49.5 Å². The summed E-state index contributed by atoms with van der Waals surface area (Å²) >= 11 is 12.3. The van der Waals surface area contributed by atoms with Gasteiger partial charge in [-0.3, -0.25) is 0 Å². The monoisotopic (exact) mass is 321 g/mol. The van der Waals surface area contributed by atoms with Gasteiger partial charge >= 0.3 is 0 Å². The van der Waals surface area contributed by atoms with Crippen molar-refractivity contribution < 1.29 is 0 Å². The van der Waals surface area contributed by atoms with Crippen LogP contribution in [0.4, 0.5) is 0 Å². The molecule has 0 spiro atoms. The summed E-state index contributed by atoms with van der Waals surface area (Å²) < 4.78 is 0. The molecule has 0 aromatic heterocycles. The van der Waals surface area contributed by atoms with Gasteiger partial charge in [0.05, 0.1) is 0 Å². The first kappa shape index (κ1) is 16.4. The molecule has 1 nitrogen and oxygen atoms in total. The Morgan fingerprint density at radius 3 is 2.24 bits per heavy atom. The lowest BCUT2D eigenvalue weighted by Gasteiger charge is -2.22. The van der Waals surface area contributed by atoms with E-state index in [4.69, 9.17) is 23.2 Å². The maximum atomic E-state index is 6.26. The number of rotatable bonds is 5. The topological polar surface area (TPSA) is 12.0 Å². The van der Waals surface area contributed by atoms with Crippen LogP contribution in [0.15, 0.2) is 42.5 Å². The van der Waals surface area contributed by atoms with E-state index in [0.717, 1.165) is 17.0 Å². The molecule has 2 unspecified atom stereocenters. The first-order valence-electron chi connectivity index (χ1n) is 7.31. The van der Waals surface area contributed by atoms with Crippen molar-refractivity contribution in [3.63, 3.8) is 0 Å². The van der Waals surface area contributed by atoms with Gasteiger partial charge in [-0.15, -0.1) is 0 Å². The van der Waals surface area contributed by atoms with Gasteiger partial charge in [-0.05, 0) is 55.2 Å². The molecule has 2 aromatic rings. The summed E-state index contributed by atoms with van der Waals surface area (Å²) in [6.45, 7) is 6.43. The Morgan fingerprint density at radius 1 is 0.952 bits per heavy atom. The Kier molecular flexibility index (Phi) is 5.69. The van der Waals surface area contributed by atoms with Crippen molar-refractivity contribution in [3.05, 3.63) is 69.2 Å². The van der Waals surface area contributed by atoms with Gasteiger partial charge in [0.25, 0.3) is 0 Å². The summed E-state index contributed by atoms with van der Waals surface area (Å²) in [4.78, 5) is 0. The van der Waals surface area contributed by atoms with Gasteiger partial charge in [0.1, 0.15) is 0 Å². The van der Waals surface area contributed by atoms with Crippen molar-refractivity contribution in [2.75, 3.05) is 0 Å². The summed E-state index contributed by atoms with van der Waals surface area (Å²) in [6, 6.07) is 14.7. The number of benzene rings is 2. The highest BCUT2D eigenvalue weighted by Gasteiger charge is 2.14. The summed E-state index contributed by atoms with van der Waals surface area (Å²) in [7, 11) is 0. The van der Waals surface area contributed by atoms with E-state index in [2.05, 4.69) is 50.4 Å². The Bertz CT molecular complexity index is 593. The molecule has 0 saturated heterocycles. The zero-order valence-electron chi connectivity index (χ0n) is 12.7. The average molecular weight is 322 g/mol.